The quantitative estimate of drug-likeness (QED) is 0.583. The molecule has 5 heteroatoms. The zero-order chi connectivity index (χ0) is 18.8. The topological polar surface area (TPSA) is 24.8 Å². The summed E-state index contributed by atoms with van der Waals surface area (Å²) in [5.41, 5.74) is 0.904. The molecule has 0 radical (unpaired) electrons. The molecule has 0 aliphatic heterocycles. The van der Waals surface area contributed by atoms with Gasteiger partial charge in [0.05, 0.1) is 0 Å². The summed E-state index contributed by atoms with van der Waals surface area (Å²) in [4.78, 5) is 4.98. The molecule has 3 nitrogen and oxygen atoms in total. The molecule has 0 spiro atoms. The molecule has 134 valence electrons. The second kappa shape index (κ2) is 8.02. The van der Waals surface area contributed by atoms with Crippen molar-refractivity contribution in [3.63, 3.8) is 0 Å². The van der Waals surface area contributed by atoms with Crippen LogP contribution in [-0.4, -0.2) is 47.1 Å². The second-order valence-electron chi connectivity index (χ2n) is 8.95. The maximum absolute atomic E-state index is 6.45. The molecule has 0 N–H and O–H groups in total. The molecule has 1 aromatic rings. The first-order valence-electron chi connectivity index (χ1n) is 8.39. The third kappa shape index (κ3) is 7.37. The summed E-state index contributed by atoms with van der Waals surface area (Å²) in [5.74, 6) is 0. The van der Waals surface area contributed by atoms with Crippen molar-refractivity contribution in [1.29, 1.82) is 0 Å². The van der Waals surface area contributed by atoms with Gasteiger partial charge < -0.3 is 0 Å². The van der Waals surface area contributed by atoms with Gasteiger partial charge in [-0.05, 0) is 0 Å². The Morgan fingerprint density at radius 1 is 0.917 bits per heavy atom. The van der Waals surface area contributed by atoms with E-state index in [9.17, 15) is 0 Å². The molecular formula is C19H32GeN2OTe. The van der Waals surface area contributed by atoms with Crippen molar-refractivity contribution in [1.82, 2.24) is 0 Å². The molecule has 0 aromatic heterocycles. The van der Waals surface area contributed by atoms with Crippen LogP contribution in [0.1, 0.15) is 62.3 Å². The standard InChI is InChI=1S/C19H32GeN2OTe/c1-17(2,3)21-15-13-11-10-12-14-16(15)22(18(4,5)6)20(24)23-19(7,8)9/h10-14H,1-9H3. The molecule has 0 heterocycles. The molecule has 0 amide bonds. The summed E-state index contributed by atoms with van der Waals surface area (Å²) >= 11 is 0.238. The van der Waals surface area contributed by atoms with Crippen molar-refractivity contribution in [3.8, 4) is 0 Å². The molecule has 0 atom stereocenters. The molecule has 0 saturated carbocycles. The Morgan fingerprint density at radius 2 is 1.46 bits per heavy atom. The molecular weight excluding hydrogens is 472 g/mol. The Hall–Kier alpha value is -0.178. The molecule has 0 unspecified atom stereocenters. The fourth-order valence-electron chi connectivity index (χ4n) is 2.21. The monoisotopic (exact) mass is 508 g/mol. The van der Waals surface area contributed by atoms with E-state index in [0.717, 1.165) is 5.36 Å². The predicted octanol–water partition coefficient (Wildman–Crippen LogP) is 3.96. The number of anilines is 1. The van der Waals surface area contributed by atoms with Crippen LogP contribution >= 0.6 is 0 Å². The van der Waals surface area contributed by atoms with Gasteiger partial charge in [-0.1, -0.05) is 0 Å². The van der Waals surface area contributed by atoms with Crippen LogP contribution < -0.4 is 9.21 Å². The zero-order valence-electron chi connectivity index (χ0n) is 16.6. The van der Waals surface area contributed by atoms with Crippen LogP contribution in [-0.2, 0) is 3.76 Å². The van der Waals surface area contributed by atoms with Gasteiger partial charge in [-0.2, -0.15) is 0 Å². The van der Waals surface area contributed by atoms with Crippen LogP contribution in [0, 0.1) is 0 Å². The first-order chi connectivity index (χ1) is 10.7. The average molecular weight is 505 g/mol. The summed E-state index contributed by atoms with van der Waals surface area (Å²) in [6.45, 7) is 19.6. The third-order valence-electron chi connectivity index (χ3n) is 2.94. The van der Waals surface area contributed by atoms with Crippen LogP contribution in [0.2, 0.25) is 0 Å². The van der Waals surface area contributed by atoms with Gasteiger partial charge in [0.2, 0.25) is 0 Å². The zero-order valence-corrected chi connectivity index (χ0v) is 21.0. The Kier molecular flexibility index (Phi) is 7.30. The Morgan fingerprint density at radius 3 is 1.92 bits per heavy atom. The van der Waals surface area contributed by atoms with Crippen molar-refractivity contribution < 1.29 is 3.76 Å². The van der Waals surface area contributed by atoms with Crippen molar-refractivity contribution in [3.05, 3.63) is 35.7 Å². The summed E-state index contributed by atoms with van der Waals surface area (Å²) in [5, 5.41) is 1.04. The summed E-state index contributed by atoms with van der Waals surface area (Å²) in [6.07, 6.45) is 0. The van der Waals surface area contributed by atoms with Gasteiger partial charge in [-0.25, -0.2) is 0 Å². The SMILES string of the molecule is CC(C)(C)N=c1cccccc1[N]([Ge](=[Te])[O]C(C)(C)C)C(C)(C)C. The van der Waals surface area contributed by atoms with Gasteiger partial charge in [-0.3, -0.25) is 0 Å². The van der Waals surface area contributed by atoms with Gasteiger partial charge in [-0.15, -0.1) is 0 Å². The van der Waals surface area contributed by atoms with E-state index in [4.69, 9.17) is 8.76 Å². The minimum atomic E-state index is -1.96. The maximum atomic E-state index is 6.45. The van der Waals surface area contributed by atoms with Gasteiger partial charge in [0, 0.05) is 0 Å². The van der Waals surface area contributed by atoms with E-state index in [-0.39, 0.29) is 16.7 Å². The van der Waals surface area contributed by atoms with E-state index in [1.54, 1.807) is 0 Å². The molecule has 0 fully saturated rings. The van der Waals surface area contributed by atoms with Crippen LogP contribution in [0.4, 0.5) is 5.69 Å². The average Bonchev–Trinajstić information content (AvgIpc) is 2.49. The van der Waals surface area contributed by atoms with Crippen molar-refractivity contribution in [2.45, 2.75) is 79.0 Å². The molecule has 1 rings (SSSR count). The van der Waals surface area contributed by atoms with Crippen LogP contribution in [0.25, 0.3) is 0 Å². The summed E-state index contributed by atoms with van der Waals surface area (Å²) in [7, 11) is 0. The Labute approximate surface area is 162 Å². The van der Waals surface area contributed by atoms with E-state index >= 15 is 0 Å². The van der Waals surface area contributed by atoms with E-state index in [1.807, 2.05) is 0 Å². The van der Waals surface area contributed by atoms with Crippen molar-refractivity contribution in [2.75, 3.05) is 3.86 Å². The van der Waals surface area contributed by atoms with E-state index in [2.05, 4.69) is 116 Å². The normalized spacial score (nSPS) is 13.6. The third-order valence-corrected chi connectivity index (χ3v) is 11.2. The number of hydrogen-bond acceptors (Lipinski definition) is 3. The molecule has 0 aliphatic carbocycles. The predicted molar refractivity (Wildman–Crippen MR) is 106 cm³/mol. The minimum absolute atomic E-state index is 0.0195. The molecule has 0 bridgehead atoms. The number of hydrogen-bond donors (Lipinski definition) is 0. The first-order valence-corrected chi connectivity index (χ1v) is 17.1. The van der Waals surface area contributed by atoms with Crippen molar-refractivity contribution in [2.24, 2.45) is 4.99 Å². The number of nitrogens with zero attached hydrogens (tertiary/aromatic N) is 2. The van der Waals surface area contributed by atoms with Gasteiger partial charge in [0.15, 0.2) is 0 Å². The fraction of sp³-hybridized carbons (Fsp3) is 0.632. The Balaban J connectivity index is 3.60. The molecule has 24 heavy (non-hydrogen) atoms. The van der Waals surface area contributed by atoms with Crippen LogP contribution in [0.3, 0.4) is 0 Å². The van der Waals surface area contributed by atoms with Gasteiger partial charge in [0.25, 0.3) is 0 Å². The van der Waals surface area contributed by atoms with E-state index in [1.165, 1.54) is 5.69 Å². The van der Waals surface area contributed by atoms with Gasteiger partial charge >= 0.3 is 163 Å². The number of rotatable bonds is 3. The van der Waals surface area contributed by atoms with Crippen LogP contribution in [0.5, 0.6) is 0 Å². The van der Waals surface area contributed by atoms with Crippen LogP contribution in [0.15, 0.2) is 35.3 Å². The first kappa shape index (κ1) is 21.9. The Bertz CT molecular complexity index is 652. The van der Waals surface area contributed by atoms with E-state index < -0.39 is 11.1 Å². The second-order valence-corrected chi connectivity index (χ2v) is 16.6. The van der Waals surface area contributed by atoms with Gasteiger partial charge in [0.1, 0.15) is 0 Å². The van der Waals surface area contributed by atoms with Crippen molar-refractivity contribution >= 4 is 36.1 Å². The molecule has 1 aromatic carbocycles. The molecule has 0 saturated heterocycles. The summed E-state index contributed by atoms with van der Waals surface area (Å²) < 4.78 is 8.95. The van der Waals surface area contributed by atoms with E-state index in [0.29, 0.717) is 0 Å². The molecule has 0 aliphatic rings. The fourth-order valence-corrected chi connectivity index (χ4v) is 14.7. The summed E-state index contributed by atoms with van der Waals surface area (Å²) in [6, 6.07) is 10.5.